The first-order valence-electron chi connectivity index (χ1n) is 8.55. The van der Waals surface area contributed by atoms with Gasteiger partial charge in [-0.15, -0.1) is 0 Å². The average Bonchev–Trinajstić information content (AvgIpc) is 2.68. The van der Waals surface area contributed by atoms with Gasteiger partial charge in [-0.05, 0) is 62.4 Å². The number of benzene rings is 2. The van der Waals surface area contributed by atoms with E-state index in [2.05, 4.69) is 5.32 Å². The lowest BCUT2D eigenvalue weighted by atomic mass is 10.2. The van der Waals surface area contributed by atoms with Gasteiger partial charge in [-0.25, -0.2) is 14.0 Å². The number of carbonyl (C=O) groups is 3. The molecule has 1 amide bonds. The van der Waals surface area contributed by atoms with Crippen LogP contribution in [-0.2, 0) is 19.1 Å². The van der Waals surface area contributed by atoms with Crippen LogP contribution >= 0.6 is 0 Å². The molecule has 0 aromatic heterocycles. The zero-order chi connectivity index (χ0) is 20.5. The fourth-order valence-electron chi connectivity index (χ4n) is 2.12. The van der Waals surface area contributed by atoms with Gasteiger partial charge in [-0.2, -0.15) is 0 Å². The Morgan fingerprint density at radius 2 is 1.64 bits per heavy atom. The second kappa shape index (κ2) is 10.1. The molecule has 0 unspecified atom stereocenters. The predicted octanol–water partition coefficient (Wildman–Crippen LogP) is 2.95. The summed E-state index contributed by atoms with van der Waals surface area (Å²) in [5.41, 5.74) is 0.794. The molecule has 2 aromatic rings. The first-order valence-corrected chi connectivity index (χ1v) is 8.55. The van der Waals surface area contributed by atoms with E-state index in [1.165, 1.54) is 55.5 Å². The molecule has 1 atom stereocenters. The van der Waals surface area contributed by atoms with Crippen molar-refractivity contribution in [3.05, 3.63) is 59.9 Å². The van der Waals surface area contributed by atoms with E-state index in [1.807, 2.05) is 0 Å². The van der Waals surface area contributed by atoms with Gasteiger partial charge >= 0.3 is 11.9 Å². The number of ether oxygens (including phenoxy) is 3. The Bertz CT molecular complexity index is 820. The van der Waals surface area contributed by atoms with Crippen LogP contribution in [-0.4, -0.2) is 37.2 Å². The first-order chi connectivity index (χ1) is 13.4. The Kier molecular flexibility index (Phi) is 7.50. The standard InChI is InChI=1S/C20H20FNO6/c1-3-26-20(25)14-4-8-16(9-5-14)22-18(23)12-27-19(24)13(2)28-17-10-6-15(21)7-11-17/h4-11,13H,3,12H2,1-2H3,(H,22,23)/t13-/m0/s1. The van der Waals surface area contributed by atoms with E-state index >= 15 is 0 Å². The van der Waals surface area contributed by atoms with Crippen molar-refractivity contribution in [3.63, 3.8) is 0 Å². The number of rotatable bonds is 8. The SMILES string of the molecule is CCOC(=O)c1ccc(NC(=O)COC(=O)[C@H](C)Oc2ccc(F)cc2)cc1. The maximum atomic E-state index is 12.9. The Morgan fingerprint density at radius 3 is 2.25 bits per heavy atom. The van der Waals surface area contributed by atoms with E-state index in [4.69, 9.17) is 14.2 Å². The molecule has 0 saturated heterocycles. The van der Waals surface area contributed by atoms with Crippen molar-refractivity contribution in [1.82, 2.24) is 0 Å². The molecular weight excluding hydrogens is 369 g/mol. The minimum Gasteiger partial charge on any atom is -0.479 e. The minimum absolute atomic E-state index is 0.270. The van der Waals surface area contributed by atoms with Gasteiger partial charge < -0.3 is 19.5 Å². The van der Waals surface area contributed by atoms with E-state index in [0.717, 1.165) is 0 Å². The maximum absolute atomic E-state index is 12.9. The Balaban J connectivity index is 1.78. The van der Waals surface area contributed by atoms with Crippen LogP contribution in [0.5, 0.6) is 5.75 Å². The van der Waals surface area contributed by atoms with Crippen LogP contribution in [0.15, 0.2) is 48.5 Å². The smallest absolute Gasteiger partial charge is 0.347 e. The van der Waals surface area contributed by atoms with Crippen LogP contribution in [0.25, 0.3) is 0 Å². The van der Waals surface area contributed by atoms with Gasteiger partial charge in [0.1, 0.15) is 11.6 Å². The quantitative estimate of drug-likeness (QED) is 0.698. The molecule has 0 aliphatic rings. The number of hydrogen-bond acceptors (Lipinski definition) is 6. The summed E-state index contributed by atoms with van der Waals surface area (Å²) < 4.78 is 27.9. The largest absolute Gasteiger partial charge is 0.479 e. The zero-order valence-electron chi connectivity index (χ0n) is 15.4. The van der Waals surface area contributed by atoms with Gasteiger partial charge in [-0.1, -0.05) is 0 Å². The van der Waals surface area contributed by atoms with Crippen molar-refractivity contribution in [2.45, 2.75) is 20.0 Å². The molecule has 7 nitrogen and oxygen atoms in total. The molecule has 0 bridgehead atoms. The second-order valence-electron chi connectivity index (χ2n) is 5.67. The van der Waals surface area contributed by atoms with Crippen LogP contribution in [0.4, 0.5) is 10.1 Å². The van der Waals surface area contributed by atoms with Gasteiger partial charge in [0.05, 0.1) is 12.2 Å². The number of nitrogens with one attached hydrogen (secondary N) is 1. The number of halogens is 1. The fraction of sp³-hybridized carbons (Fsp3) is 0.250. The number of hydrogen-bond donors (Lipinski definition) is 1. The highest BCUT2D eigenvalue weighted by molar-refractivity contribution is 5.94. The van der Waals surface area contributed by atoms with Crippen molar-refractivity contribution in [3.8, 4) is 5.75 Å². The fourth-order valence-corrected chi connectivity index (χ4v) is 2.12. The van der Waals surface area contributed by atoms with Crippen LogP contribution in [0.3, 0.4) is 0 Å². The van der Waals surface area contributed by atoms with E-state index in [0.29, 0.717) is 17.0 Å². The lowest BCUT2D eigenvalue weighted by Crippen LogP contribution is -2.29. The molecule has 1 N–H and O–H groups in total. The first kappa shape index (κ1) is 20.9. The summed E-state index contributed by atoms with van der Waals surface area (Å²) in [5.74, 6) is -1.86. The van der Waals surface area contributed by atoms with Gasteiger partial charge in [0.2, 0.25) is 0 Å². The molecule has 0 aliphatic heterocycles. The highest BCUT2D eigenvalue weighted by atomic mass is 19.1. The van der Waals surface area contributed by atoms with Crippen molar-refractivity contribution in [2.24, 2.45) is 0 Å². The maximum Gasteiger partial charge on any atom is 0.347 e. The van der Waals surface area contributed by atoms with Crippen LogP contribution < -0.4 is 10.1 Å². The van der Waals surface area contributed by atoms with Crippen LogP contribution in [0.1, 0.15) is 24.2 Å². The molecular formula is C20H20FNO6. The summed E-state index contributed by atoms with van der Waals surface area (Å²) in [5, 5.41) is 2.54. The van der Waals surface area contributed by atoms with Crippen LogP contribution in [0, 0.1) is 5.82 Å². The molecule has 2 rings (SSSR count). The number of anilines is 1. The highest BCUT2D eigenvalue weighted by Gasteiger charge is 2.18. The van der Waals surface area contributed by atoms with E-state index in [1.54, 1.807) is 6.92 Å². The number of carbonyl (C=O) groups excluding carboxylic acids is 3. The molecule has 0 aliphatic carbocycles. The molecule has 0 heterocycles. The molecule has 148 valence electrons. The van der Waals surface area contributed by atoms with Crippen molar-refractivity contribution in [1.29, 1.82) is 0 Å². The normalized spacial score (nSPS) is 11.2. The molecule has 0 saturated carbocycles. The number of amides is 1. The lowest BCUT2D eigenvalue weighted by molar-refractivity contribution is -0.153. The van der Waals surface area contributed by atoms with Gasteiger partial charge in [0.15, 0.2) is 12.7 Å². The zero-order valence-corrected chi connectivity index (χ0v) is 15.4. The molecule has 0 radical (unpaired) electrons. The molecule has 28 heavy (non-hydrogen) atoms. The van der Waals surface area contributed by atoms with Gasteiger partial charge in [0.25, 0.3) is 5.91 Å². The van der Waals surface area contributed by atoms with E-state index in [-0.39, 0.29) is 6.61 Å². The lowest BCUT2D eigenvalue weighted by Gasteiger charge is -2.14. The van der Waals surface area contributed by atoms with Crippen molar-refractivity contribution in [2.75, 3.05) is 18.5 Å². The topological polar surface area (TPSA) is 90.9 Å². The monoisotopic (exact) mass is 389 g/mol. The summed E-state index contributed by atoms with van der Waals surface area (Å²) in [6, 6.07) is 11.3. The van der Waals surface area contributed by atoms with E-state index < -0.39 is 36.4 Å². The van der Waals surface area contributed by atoms with Gasteiger partial charge in [0, 0.05) is 5.69 Å². The third-order valence-corrected chi connectivity index (χ3v) is 3.48. The highest BCUT2D eigenvalue weighted by Crippen LogP contribution is 2.14. The third-order valence-electron chi connectivity index (χ3n) is 3.48. The third kappa shape index (κ3) is 6.39. The Morgan fingerprint density at radius 1 is 1.00 bits per heavy atom. The summed E-state index contributed by atoms with van der Waals surface area (Å²) in [6.45, 7) is 2.93. The predicted molar refractivity (Wildman–Crippen MR) is 98.5 cm³/mol. The van der Waals surface area contributed by atoms with Crippen molar-refractivity contribution >= 4 is 23.5 Å². The second-order valence-corrected chi connectivity index (χ2v) is 5.67. The minimum atomic E-state index is -0.970. The Labute approximate surface area is 161 Å². The van der Waals surface area contributed by atoms with Crippen molar-refractivity contribution < 1.29 is 33.0 Å². The molecule has 8 heteroatoms. The summed E-state index contributed by atoms with van der Waals surface area (Å²) in [6.07, 6.45) is -0.970. The summed E-state index contributed by atoms with van der Waals surface area (Å²) in [7, 11) is 0. The molecule has 0 spiro atoms. The number of esters is 2. The van der Waals surface area contributed by atoms with Gasteiger partial charge in [-0.3, -0.25) is 4.79 Å². The summed E-state index contributed by atoms with van der Waals surface area (Å²) in [4.78, 5) is 35.4. The Hall–Kier alpha value is -3.42. The van der Waals surface area contributed by atoms with Crippen LogP contribution in [0.2, 0.25) is 0 Å². The molecule has 0 fully saturated rings. The summed E-state index contributed by atoms with van der Waals surface area (Å²) >= 11 is 0. The molecule has 2 aromatic carbocycles. The average molecular weight is 389 g/mol. The van der Waals surface area contributed by atoms with E-state index in [9.17, 15) is 18.8 Å².